The van der Waals surface area contributed by atoms with Gasteiger partial charge in [0.1, 0.15) is 0 Å². The summed E-state index contributed by atoms with van der Waals surface area (Å²) in [4.78, 5) is 11.6. The van der Waals surface area contributed by atoms with Crippen molar-refractivity contribution in [3.8, 4) is 11.5 Å². The molecule has 0 spiro atoms. The Morgan fingerprint density at radius 3 is 2.76 bits per heavy atom. The molecular formula is C16H26N2O3. The molecule has 0 aliphatic rings. The highest BCUT2D eigenvalue weighted by Crippen LogP contribution is 2.30. The van der Waals surface area contributed by atoms with Crippen molar-refractivity contribution in [2.24, 2.45) is 5.73 Å². The van der Waals surface area contributed by atoms with Gasteiger partial charge in [-0.2, -0.15) is 0 Å². The molecule has 1 unspecified atom stereocenters. The molecule has 118 valence electrons. The van der Waals surface area contributed by atoms with E-state index in [1.807, 2.05) is 25.1 Å². The quantitative estimate of drug-likeness (QED) is 0.686. The number of unbranched alkanes of at least 4 members (excludes halogenated alkanes) is 1. The highest BCUT2D eigenvalue weighted by atomic mass is 16.5. The molecule has 21 heavy (non-hydrogen) atoms. The molecule has 0 aliphatic heterocycles. The molecule has 5 nitrogen and oxygen atoms in total. The van der Waals surface area contributed by atoms with E-state index in [1.54, 1.807) is 7.11 Å². The lowest BCUT2D eigenvalue weighted by atomic mass is 10.1. The first-order valence-corrected chi connectivity index (χ1v) is 7.42. The molecule has 0 aliphatic carbocycles. The van der Waals surface area contributed by atoms with Crippen molar-refractivity contribution >= 4 is 5.91 Å². The topological polar surface area (TPSA) is 73.6 Å². The van der Waals surface area contributed by atoms with Gasteiger partial charge in [0, 0.05) is 13.0 Å². The van der Waals surface area contributed by atoms with E-state index < -0.39 is 0 Å². The van der Waals surface area contributed by atoms with Crippen LogP contribution in [-0.2, 0) is 4.79 Å². The lowest BCUT2D eigenvalue weighted by Crippen LogP contribution is -2.28. The maximum Gasteiger partial charge on any atom is 0.221 e. The number of nitrogens with two attached hydrogens (primary N) is 1. The van der Waals surface area contributed by atoms with Gasteiger partial charge in [0.2, 0.25) is 5.91 Å². The number of carbonyl (C=O) groups is 1. The second kappa shape index (κ2) is 9.23. The van der Waals surface area contributed by atoms with Crippen LogP contribution < -0.4 is 20.5 Å². The van der Waals surface area contributed by atoms with Crippen LogP contribution >= 0.6 is 0 Å². The average molecular weight is 294 g/mol. The van der Waals surface area contributed by atoms with E-state index in [4.69, 9.17) is 15.2 Å². The zero-order valence-corrected chi connectivity index (χ0v) is 13.1. The van der Waals surface area contributed by atoms with Crippen LogP contribution in [0.4, 0.5) is 0 Å². The number of benzene rings is 1. The van der Waals surface area contributed by atoms with Crippen LogP contribution in [0.25, 0.3) is 0 Å². The molecule has 0 aromatic heterocycles. The Labute approximate surface area is 126 Å². The van der Waals surface area contributed by atoms with Crippen molar-refractivity contribution < 1.29 is 14.3 Å². The van der Waals surface area contributed by atoms with Gasteiger partial charge < -0.3 is 20.5 Å². The summed E-state index contributed by atoms with van der Waals surface area (Å²) in [7, 11) is 1.61. The summed E-state index contributed by atoms with van der Waals surface area (Å²) < 4.78 is 11.1. The summed E-state index contributed by atoms with van der Waals surface area (Å²) >= 11 is 0. The van der Waals surface area contributed by atoms with Crippen molar-refractivity contribution in [2.45, 2.75) is 39.2 Å². The minimum atomic E-state index is -0.0948. The summed E-state index contributed by atoms with van der Waals surface area (Å²) in [5.41, 5.74) is 6.34. The van der Waals surface area contributed by atoms with Gasteiger partial charge in [0.25, 0.3) is 0 Å². The third-order valence-electron chi connectivity index (χ3n) is 3.19. The van der Waals surface area contributed by atoms with Crippen LogP contribution in [0.15, 0.2) is 18.2 Å². The molecule has 0 saturated heterocycles. The number of methoxy groups -OCH3 is 1. The Kier molecular flexibility index (Phi) is 7.61. The minimum absolute atomic E-state index is 0.0489. The maximum absolute atomic E-state index is 11.6. The lowest BCUT2D eigenvalue weighted by molar-refractivity contribution is -0.121. The summed E-state index contributed by atoms with van der Waals surface area (Å²) in [5.74, 6) is 1.37. The normalized spacial score (nSPS) is 11.8. The van der Waals surface area contributed by atoms with Crippen molar-refractivity contribution in [1.82, 2.24) is 5.32 Å². The first kappa shape index (κ1) is 17.3. The number of carbonyl (C=O) groups excluding carboxylic acids is 1. The Hall–Kier alpha value is -1.75. The van der Waals surface area contributed by atoms with Gasteiger partial charge in [-0.25, -0.2) is 0 Å². The molecule has 1 rings (SSSR count). The van der Waals surface area contributed by atoms with E-state index in [9.17, 15) is 4.79 Å². The van der Waals surface area contributed by atoms with Gasteiger partial charge in [0.15, 0.2) is 11.5 Å². The fourth-order valence-corrected chi connectivity index (χ4v) is 1.93. The number of rotatable bonds is 9. The predicted molar refractivity (Wildman–Crippen MR) is 83.6 cm³/mol. The molecule has 0 bridgehead atoms. The Morgan fingerprint density at radius 1 is 1.38 bits per heavy atom. The summed E-state index contributed by atoms with van der Waals surface area (Å²) in [6.45, 7) is 5.08. The van der Waals surface area contributed by atoms with E-state index in [0.717, 1.165) is 24.2 Å². The van der Waals surface area contributed by atoms with Crippen LogP contribution in [0.5, 0.6) is 11.5 Å². The predicted octanol–water partition coefficient (Wildman–Crippen LogP) is 2.40. The van der Waals surface area contributed by atoms with Crippen LogP contribution in [0.1, 0.15) is 44.7 Å². The van der Waals surface area contributed by atoms with Crippen molar-refractivity contribution in [2.75, 3.05) is 20.3 Å². The number of ether oxygens (including phenoxy) is 2. The molecule has 0 saturated carbocycles. The monoisotopic (exact) mass is 294 g/mol. The molecule has 0 fully saturated rings. The molecule has 3 N–H and O–H groups in total. The fraction of sp³-hybridized carbons (Fsp3) is 0.562. The number of amides is 1. The van der Waals surface area contributed by atoms with Crippen LogP contribution in [0.3, 0.4) is 0 Å². The van der Waals surface area contributed by atoms with Crippen LogP contribution in [-0.4, -0.2) is 26.2 Å². The average Bonchev–Trinajstić information content (AvgIpc) is 2.47. The van der Waals surface area contributed by atoms with Gasteiger partial charge in [-0.1, -0.05) is 19.4 Å². The highest BCUT2D eigenvalue weighted by Gasteiger charge is 2.12. The summed E-state index contributed by atoms with van der Waals surface area (Å²) in [5, 5.41) is 2.90. The lowest BCUT2D eigenvalue weighted by Gasteiger charge is -2.17. The zero-order valence-electron chi connectivity index (χ0n) is 13.1. The summed E-state index contributed by atoms with van der Waals surface area (Å²) in [6.07, 6.45) is 2.43. The van der Waals surface area contributed by atoms with Gasteiger partial charge >= 0.3 is 0 Å². The zero-order chi connectivity index (χ0) is 15.7. The second-order valence-corrected chi connectivity index (χ2v) is 4.94. The van der Waals surface area contributed by atoms with Gasteiger partial charge in [-0.3, -0.25) is 4.79 Å². The van der Waals surface area contributed by atoms with Gasteiger partial charge in [0.05, 0.1) is 19.8 Å². The van der Waals surface area contributed by atoms with E-state index in [1.165, 1.54) is 0 Å². The van der Waals surface area contributed by atoms with E-state index >= 15 is 0 Å². The highest BCUT2D eigenvalue weighted by molar-refractivity contribution is 5.76. The molecule has 1 atom stereocenters. The Balaban J connectivity index is 2.73. The minimum Gasteiger partial charge on any atom is -0.493 e. The van der Waals surface area contributed by atoms with Crippen LogP contribution in [0.2, 0.25) is 0 Å². The second-order valence-electron chi connectivity index (χ2n) is 4.94. The fourth-order valence-electron chi connectivity index (χ4n) is 1.93. The molecule has 1 aromatic rings. The van der Waals surface area contributed by atoms with Gasteiger partial charge in [-0.15, -0.1) is 0 Å². The third-order valence-corrected chi connectivity index (χ3v) is 3.19. The Bertz CT molecular complexity index is 449. The number of hydrogen-bond donors (Lipinski definition) is 2. The molecular weight excluding hydrogens is 268 g/mol. The first-order chi connectivity index (χ1) is 10.1. The third kappa shape index (κ3) is 5.63. The number of nitrogens with one attached hydrogen (secondary N) is 1. The van der Waals surface area contributed by atoms with E-state index in [-0.39, 0.29) is 11.9 Å². The molecule has 0 heterocycles. The number of hydrogen-bond acceptors (Lipinski definition) is 4. The smallest absolute Gasteiger partial charge is 0.221 e. The van der Waals surface area contributed by atoms with Crippen molar-refractivity contribution in [3.05, 3.63) is 23.8 Å². The molecule has 0 radical (unpaired) electrons. The standard InChI is InChI=1S/C16H26N2O3/c1-4-5-10-21-14-7-6-13(11-15(14)20-3)12(2)18-16(19)8-9-17/h6-7,11-12H,4-5,8-10,17H2,1-3H3,(H,18,19). The largest absolute Gasteiger partial charge is 0.493 e. The molecule has 5 heteroatoms. The maximum atomic E-state index is 11.6. The van der Waals surface area contributed by atoms with Crippen molar-refractivity contribution in [1.29, 1.82) is 0 Å². The summed E-state index contributed by atoms with van der Waals surface area (Å²) in [6, 6.07) is 5.63. The van der Waals surface area contributed by atoms with Crippen LogP contribution in [0, 0.1) is 0 Å². The molecule has 1 aromatic carbocycles. The van der Waals surface area contributed by atoms with E-state index in [2.05, 4.69) is 12.2 Å². The van der Waals surface area contributed by atoms with E-state index in [0.29, 0.717) is 25.3 Å². The Morgan fingerprint density at radius 2 is 2.14 bits per heavy atom. The first-order valence-electron chi connectivity index (χ1n) is 7.42. The SMILES string of the molecule is CCCCOc1ccc(C(C)NC(=O)CCN)cc1OC. The molecule has 1 amide bonds. The van der Waals surface area contributed by atoms with Crippen molar-refractivity contribution in [3.63, 3.8) is 0 Å². The van der Waals surface area contributed by atoms with Gasteiger partial charge in [-0.05, 0) is 31.0 Å².